The topological polar surface area (TPSA) is 47.6 Å². The van der Waals surface area contributed by atoms with Gasteiger partial charge >= 0.3 is 0 Å². The Morgan fingerprint density at radius 1 is 1.14 bits per heavy atom. The molecule has 1 N–H and O–H groups in total. The van der Waals surface area contributed by atoms with Crippen molar-refractivity contribution in [3.05, 3.63) is 51.5 Å². The van der Waals surface area contributed by atoms with Gasteiger partial charge < -0.3 is 14.8 Å². The van der Waals surface area contributed by atoms with Crippen LogP contribution in [0.3, 0.4) is 0 Å². The Labute approximate surface area is 142 Å². The molecule has 0 saturated carbocycles. The molecule has 6 heteroatoms. The SMILES string of the molecule is COc1ccc(NCC(=O)c2ccc(OC)c(Br)c2)cc1Cl. The van der Waals surface area contributed by atoms with Gasteiger partial charge in [0.15, 0.2) is 5.78 Å². The Morgan fingerprint density at radius 2 is 1.82 bits per heavy atom. The molecule has 0 spiro atoms. The molecule has 0 fully saturated rings. The number of hydrogen-bond donors (Lipinski definition) is 1. The van der Waals surface area contributed by atoms with Crippen LogP contribution in [0.1, 0.15) is 10.4 Å². The zero-order chi connectivity index (χ0) is 16.1. The Balaban J connectivity index is 2.03. The molecule has 0 aliphatic carbocycles. The lowest BCUT2D eigenvalue weighted by molar-refractivity contribution is 0.101. The van der Waals surface area contributed by atoms with Crippen molar-refractivity contribution in [2.75, 3.05) is 26.1 Å². The quantitative estimate of drug-likeness (QED) is 0.749. The number of anilines is 1. The van der Waals surface area contributed by atoms with Crippen molar-refractivity contribution < 1.29 is 14.3 Å². The first kappa shape index (κ1) is 16.6. The molecule has 0 aliphatic heterocycles. The van der Waals surface area contributed by atoms with E-state index in [-0.39, 0.29) is 12.3 Å². The maximum absolute atomic E-state index is 12.2. The first-order valence-electron chi connectivity index (χ1n) is 6.49. The van der Waals surface area contributed by atoms with Gasteiger partial charge in [0, 0.05) is 11.3 Å². The fraction of sp³-hybridized carbons (Fsp3) is 0.188. The predicted octanol–water partition coefficient (Wildman–Crippen LogP) is 4.41. The lowest BCUT2D eigenvalue weighted by atomic mass is 10.1. The number of ketones is 1. The molecular weight excluding hydrogens is 370 g/mol. The minimum absolute atomic E-state index is 0.0321. The molecule has 0 aliphatic rings. The maximum Gasteiger partial charge on any atom is 0.181 e. The molecule has 0 bridgehead atoms. The number of carbonyl (C=O) groups is 1. The molecule has 2 rings (SSSR count). The third-order valence-electron chi connectivity index (χ3n) is 3.08. The van der Waals surface area contributed by atoms with Crippen LogP contribution in [0.2, 0.25) is 5.02 Å². The van der Waals surface area contributed by atoms with Crippen molar-refractivity contribution in [3.8, 4) is 11.5 Å². The Morgan fingerprint density at radius 3 is 2.41 bits per heavy atom. The number of rotatable bonds is 6. The average molecular weight is 385 g/mol. The molecule has 0 unspecified atom stereocenters. The van der Waals surface area contributed by atoms with Crippen molar-refractivity contribution in [1.82, 2.24) is 0 Å². The van der Waals surface area contributed by atoms with Crippen molar-refractivity contribution in [2.24, 2.45) is 0 Å². The van der Waals surface area contributed by atoms with Crippen LogP contribution in [0.5, 0.6) is 11.5 Å². The van der Waals surface area contributed by atoms with Crippen LogP contribution in [-0.2, 0) is 0 Å². The first-order chi connectivity index (χ1) is 10.5. The van der Waals surface area contributed by atoms with Crippen LogP contribution in [0.25, 0.3) is 0 Å². The third kappa shape index (κ3) is 3.93. The fourth-order valence-electron chi connectivity index (χ4n) is 1.90. The van der Waals surface area contributed by atoms with Crippen LogP contribution < -0.4 is 14.8 Å². The molecule has 0 aromatic heterocycles. The van der Waals surface area contributed by atoms with Gasteiger partial charge in [-0.2, -0.15) is 0 Å². The second-order valence-electron chi connectivity index (χ2n) is 4.48. The average Bonchev–Trinajstić information content (AvgIpc) is 2.52. The molecule has 0 amide bonds. The van der Waals surface area contributed by atoms with Crippen molar-refractivity contribution in [3.63, 3.8) is 0 Å². The number of benzene rings is 2. The van der Waals surface area contributed by atoms with Gasteiger partial charge in [0.1, 0.15) is 11.5 Å². The third-order valence-corrected chi connectivity index (χ3v) is 3.99. The smallest absolute Gasteiger partial charge is 0.181 e. The van der Waals surface area contributed by atoms with E-state index >= 15 is 0 Å². The molecule has 2 aromatic rings. The minimum Gasteiger partial charge on any atom is -0.496 e. The van der Waals surface area contributed by atoms with Crippen molar-refractivity contribution >= 4 is 39.0 Å². The van der Waals surface area contributed by atoms with Gasteiger partial charge in [0.2, 0.25) is 0 Å². The molecule has 22 heavy (non-hydrogen) atoms. The number of halogens is 2. The van der Waals surface area contributed by atoms with E-state index in [0.717, 1.165) is 10.2 Å². The summed E-state index contributed by atoms with van der Waals surface area (Å²) in [4.78, 5) is 12.2. The van der Waals surface area contributed by atoms with Crippen molar-refractivity contribution in [2.45, 2.75) is 0 Å². The largest absolute Gasteiger partial charge is 0.496 e. The second kappa shape index (κ2) is 7.51. The van der Waals surface area contributed by atoms with Gasteiger partial charge in [0.25, 0.3) is 0 Å². The molecule has 2 aromatic carbocycles. The first-order valence-corrected chi connectivity index (χ1v) is 7.66. The van der Waals surface area contributed by atoms with Gasteiger partial charge in [-0.1, -0.05) is 11.6 Å². The maximum atomic E-state index is 12.2. The highest BCUT2D eigenvalue weighted by molar-refractivity contribution is 9.10. The van der Waals surface area contributed by atoms with Gasteiger partial charge in [-0.05, 0) is 52.3 Å². The van der Waals surface area contributed by atoms with Gasteiger partial charge in [-0.25, -0.2) is 0 Å². The van der Waals surface area contributed by atoms with Gasteiger partial charge in [-0.3, -0.25) is 4.79 Å². The van der Waals surface area contributed by atoms with Gasteiger partial charge in [-0.15, -0.1) is 0 Å². The molecule has 0 radical (unpaired) electrons. The summed E-state index contributed by atoms with van der Waals surface area (Å²) in [6.45, 7) is 0.168. The summed E-state index contributed by atoms with van der Waals surface area (Å²) in [5.74, 6) is 1.25. The highest BCUT2D eigenvalue weighted by Gasteiger charge is 2.09. The monoisotopic (exact) mass is 383 g/mol. The predicted molar refractivity (Wildman–Crippen MR) is 91.5 cm³/mol. The highest BCUT2D eigenvalue weighted by Crippen LogP contribution is 2.28. The zero-order valence-corrected chi connectivity index (χ0v) is 14.5. The molecule has 0 heterocycles. The zero-order valence-electron chi connectivity index (χ0n) is 12.2. The number of Topliss-reactive ketones (excluding diaryl/α,β-unsaturated/α-hetero) is 1. The lowest BCUT2D eigenvalue weighted by Gasteiger charge is -2.09. The Bertz CT molecular complexity index is 691. The summed E-state index contributed by atoms with van der Waals surface area (Å²) >= 11 is 9.41. The van der Waals surface area contributed by atoms with Crippen molar-refractivity contribution in [1.29, 1.82) is 0 Å². The summed E-state index contributed by atoms with van der Waals surface area (Å²) in [6.07, 6.45) is 0. The molecule has 116 valence electrons. The molecular formula is C16H15BrClNO3. The normalized spacial score (nSPS) is 10.2. The van der Waals surface area contributed by atoms with E-state index in [9.17, 15) is 4.79 Å². The Hall–Kier alpha value is -1.72. The van der Waals surface area contributed by atoms with Crippen LogP contribution in [0.4, 0.5) is 5.69 Å². The summed E-state index contributed by atoms with van der Waals surface area (Å²) in [5, 5.41) is 3.54. The number of nitrogens with one attached hydrogen (secondary N) is 1. The standard InChI is InChI=1S/C16H15BrClNO3/c1-21-15-5-3-10(7-12(15)17)14(20)9-19-11-4-6-16(22-2)13(18)8-11/h3-8,19H,9H2,1-2H3. The lowest BCUT2D eigenvalue weighted by Crippen LogP contribution is -2.14. The fourth-order valence-corrected chi connectivity index (χ4v) is 2.70. The van der Waals surface area contributed by atoms with E-state index in [4.69, 9.17) is 21.1 Å². The highest BCUT2D eigenvalue weighted by atomic mass is 79.9. The Kier molecular flexibility index (Phi) is 5.69. The van der Waals surface area contributed by atoms with E-state index in [1.807, 2.05) is 6.07 Å². The number of carbonyl (C=O) groups excluding carboxylic acids is 1. The van der Waals surface area contributed by atoms with Crippen LogP contribution >= 0.6 is 27.5 Å². The van der Waals surface area contributed by atoms with Gasteiger partial charge in [0.05, 0.1) is 30.3 Å². The van der Waals surface area contributed by atoms with E-state index in [1.165, 1.54) is 0 Å². The van der Waals surface area contributed by atoms with E-state index in [1.54, 1.807) is 44.6 Å². The second-order valence-corrected chi connectivity index (χ2v) is 5.74. The summed E-state index contributed by atoms with van der Waals surface area (Å²) in [5.41, 5.74) is 1.35. The number of hydrogen-bond acceptors (Lipinski definition) is 4. The summed E-state index contributed by atoms with van der Waals surface area (Å²) in [7, 11) is 3.13. The van der Waals surface area contributed by atoms with Crippen LogP contribution in [-0.4, -0.2) is 26.5 Å². The minimum atomic E-state index is -0.0321. The van der Waals surface area contributed by atoms with E-state index in [0.29, 0.717) is 22.1 Å². The van der Waals surface area contributed by atoms with Crippen LogP contribution in [0.15, 0.2) is 40.9 Å². The number of ether oxygens (including phenoxy) is 2. The molecule has 0 saturated heterocycles. The summed E-state index contributed by atoms with van der Waals surface area (Å²) in [6, 6.07) is 10.5. The van der Waals surface area contributed by atoms with E-state index < -0.39 is 0 Å². The van der Waals surface area contributed by atoms with E-state index in [2.05, 4.69) is 21.2 Å². The number of methoxy groups -OCH3 is 2. The van der Waals surface area contributed by atoms with Crippen LogP contribution in [0, 0.1) is 0 Å². The summed E-state index contributed by atoms with van der Waals surface area (Å²) < 4.78 is 11.0. The molecule has 0 atom stereocenters. The molecule has 4 nitrogen and oxygen atoms in total.